The van der Waals surface area contributed by atoms with Gasteiger partial charge in [-0.15, -0.1) is 11.3 Å². The summed E-state index contributed by atoms with van der Waals surface area (Å²) in [4.78, 5) is 40.2. The highest BCUT2D eigenvalue weighted by atomic mass is 32.1. The number of aromatic nitrogens is 4. The maximum Gasteiger partial charge on any atom is 0.274 e. The number of carbonyl (C=O) groups excluding carboxylic acids is 1. The van der Waals surface area contributed by atoms with Gasteiger partial charge < -0.3 is 11.1 Å². The molecule has 214 valence electrons. The van der Waals surface area contributed by atoms with Gasteiger partial charge in [0, 0.05) is 35.6 Å². The summed E-state index contributed by atoms with van der Waals surface area (Å²) >= 11 is 1.41. The Morgan fingerprint density at radius 3 is 2.63 bits per heavy atom. The lowest BCUT2D eigenvalue weighted by Crippen LogP contribution is -2.33. The first-order valence-electron chi connectivity index (χ1n) is 13.2. The third-order valence-electron chi connectivity index (χ3n) is 6.64. The van der Waals surface area contributed by atoms with Crippen LogP contribution in [0.4, 0.5) is 0 Å². The van der Waals surface area contributed by atoms with Crippen LogP contribution in [0.2, 0.25) is 0 Å². The minimum Gasteiger partial charge on any atom is -0.382 e. The Labute approximate surface area is 252 Å². The number of pyridine rings is 1. The monoisotopic (exact) mass is 588 g/mol. The van der Waals surface area contributed by atoms with Crippen molar-refractivity contribution in [2.75, 3.05) is 0 Å². The van der Waals surface area contributed by atoms with Crippen molar-refractivity contribution in [3.05, 3.63) is 122 Å². The van der Waals surface area contributed by atoms with Crippen LogP contribution in [0, 0.1) is 11.8 Å². The molecule has 1 atom stereocenters. The van der Waals surface area contributed by atoms with Crippen molar-refractivity contribution in [1.82, 2.24) is 24.6 Å². The zero-order chi connectivity index (χ0) is 30.5. The summed E-state index contributed by atoms with van der Waals surface area (Å²) in [6, 6.07) is 16.0. The first-order valence-corrected chi connectivity index (χ1v) is 14.2. The number of nitrogens with two attached hydrogens (primary N) is 1. The Morgan fingerprint density at radius 2 is 1.95 bits per heavy atom. The Kier molecular flexibility index (Phi) is 8.41. The molecule has 0 spiro atoms. The predicted octanol–water partition coefficient (Wildman–Crippen LogP) is 4.10. The number of aryl methyl sites for hydroxylation is 1. The van der Waals surface area contributed by atoms with Crippen molar-refractivity contribution in [1.29, 1.82) is 0 Å². The molecular weight excluding hydrogens is 560 g/mol. The summed E-state index contributed by atoms with van der Waals surface area (Å²) in [5.74, 6) is 5.53. The summed E-state index contributed by atoms with van der Waals surface area (Å²) in [5, 5.41) is 10.1. The minimum atomic E-state index is -0.641. The van der Waals surface area contributed by atoms with Crippen molar-refractivity contribution in [3.63, 3.8) is 0 Å². The van der Waals surface area contributed by atoms with E-state index in [0.29, 0.717) is 39.1 Å². The topological polar surface area (TPSA) is 133 Å². The van der Waals surface area contributed by atoms with E-state index in [1.165, 1.54) is 11.3 Å². The van der Waals surface area contributed by atoms with Gasteiger partial charge in [0.2, 0.25) is 0 Å². The van der Waals surface area contributed by atoms with E-state index in [1.807, 2.05) is 73.2 Å². The smallest absolute Gasteiger partial charge is 0.274 e. The summed E-state index contributed by atoms with van der Waals surface area (Å²) in [5.41, 5.74) is 11.0. The van der Waals surface area contributed by atoms with Crippen molar-refractivity contribution in [3.8, 4) is 17.5 Å². The van der Waals surface area contributed by atoms with Gasteiger partial charge in [0.05, 0.1) is 40.1 Å². The SMILES string of the molecule is C=N/C(N)=C(\N=C(C)c1cscn1)C(=O)N[C@H](C)c1cc2cccc(C#Cc3cnn(C)c3)c2c(=O)n1-c1ccccc1. The number of thiazole rings is 1. The van der Waals surface area contributed by atoms with Crippen LogP contribution < -0.4 is 16.6 Å². The molecule has 10 nitrogen and oxygen atoms in total. The standard InChI is InChI=1S/C32H28N8O2S/c1-20(26-18-43-19-35-26)37-29(30(33)34-3)31(41)38-21(2)27-15-24-10-8-9-23(14-13-22-16-36-39(4)17-22)28(24)32(42)40(27)25-11-6-5-7-12-25/h5-12,15-19,21H,3,33H2,1-2,4H3,(H,38,41)/b30-29-,37-20?/t21-/m1/s1. The van der Waals surface area contributed by atoms with Crippen molar-refractivity contribution >= 4 is 40.4 Å². The zero-order valence-corrected chi connectivity index (χ0v) is 24.6. The third-order valence-corrected chi connectivity index (χ3v) is 7.22. The summed E-state index contributed by atoms with van der Waals surface area (Å²) in [6.45, 7) is 6.98. The van der Waals surface area contributed by atoms with Gasteiger partial charge >= 0.3 is 0 Å². The van der Waals surface area contributed by atoms with Crippen LogP contribution in [0.3, 0.4) is 0 Å². The fourth-order valence-corrected chi connectivity index (χ4v) is 5.12. The fourth-order valence-electron chi connectivity index (χ4n) is 4.53. The molecule has 3 aromatic heterocycles. The number of para-hydroxylation sites is 1. The van der Waals surface area contributed by atoms with E-state index in [9.17, 15) is 9.59 Å². The van der Waals surface area contributed by atoms with Crippen molar-refractivity contribution in [2.45, 2.75) is 19.9 Å². The molecule has 3 N–H and O–H groups in total. The van der Waals surface area contributed by atoms with E-state index < -0.39 is 11.9 Å². The largest absolute Gasteiger partial charge is 0.382 e. The van der Waals surface area contributed by atoms with Crippen LogP contribution in [-0.2, 0) is 11.8 Å². The zero-order valence-electron chi connectivity index (χ0n) is 23.8. The molecule has 0 unspecified atom stereocenters. The average molecular weight is 589 g/mol. The second kappa shape index (κ2) is 12.5. The van der Waals surface area contributed by atoms with E-state index >= 15 is 0 Å². The Balaban J connectivity index is 1.60. The second-order valence-corrected chi connectivity index (χ2v) is 10.3. The molecule has 11 heteroatoms. The van der Waals surface area contributed by atoms with Gasteiger partial charge in [-0.2, -0.15) is 5.10 Å². The molecule has 0 radical (unpaired) electrons. The molecular formula is C32H28N8O2S. The molecule has 5 rings (SSSR count). The molecule has 0 saturated carbocycles. The molecule has 0 saturated heterocycles. The Morgan fingerprint density at radius 1 is 1.16 bits per heavy atom. The highest BCUT2D eigenvalue weighted by molar-refractivity contribution is 7.07. The third kappa shape index (κ3) is 6.19. The normalized spacial score (nSPS) is 12.7. The molecule has 0 bridgehead atoms. The van der Waals surface area contributed by atoms with Crippen LogP contribution >= 0.6 is 11.3 Å². The molecule has 43 heavy (non-hydrogen) atoms. The molecule has 5 aromatic rings. The van der Waals surface area contributed by atoms with Gasteiger partial charge in [-0.1, -0.05) is 42.2 Å². The second-order valence-electron chi connectivity index (χ2n) is 9.63. The minimum absolute atomic E-state index is 0.102. The number of hydrogen-bond acceptors (Lipinski definition) is 8. The highest BCUT2D eigenvalue weighted by Gasteiger charge is 2.22. The molecule has 0 fully saturated rings. The van der Waals surface area contributed by atoms with E-state index in [2.05, 4.69) is 43.9 Å². The number of rotatable bonds is 7. The Bertz CT molecular complexity index is 2010. The molecule has 0 aliphatic carbocycles. The van der Waals surface area contributed by atoms with E-state index in [4.69, 9.17) is 5.73 Å². The summed E-state index contributed by atoms with van der Waals surface area (Å²) < 4.78 is 3.26. The van der Waals surface area contributed by atoms with Gasteiger partial charge in [-0.05, 0) is 50.2 Å². The molecule has 0 aliphatic rings. The van der Waals surface area contributed by atoms with E-state index in [1.54, 1.807) is 34.8 Å². The quantitative estimate of drug-likeness (QED) is 0.168. The maximum absolute atomic E-state index is 14.2. The molecule has 0 aliphatic heterocycles. The average Bonchev–Trinajstić information content (AvgIpc) is 3.70. The van der Waals surface area contributed by atoms with E-state index in [0.717, 1.165) is 5.56 Å². The Hall–Kier alpha value is -5.60. The number of fused-ring (bicyclic) bond motifs is 1. The van der Waals surface area contributed by atoms with Gasteiger partial charge in [0.25, 0.3) is 11.5 Å². The molecule has 2 aromatic carbocycles. The number of amides is 1. The van der Waals surface area contributed by atoms with Gasteiger partial charge in [-0.3, -0.25) is 18.8 Å². The number of nitrogens with one attached hydrogen (secondary N) is 1. The lowest BCUT2D eigenvalue weighted by Gasteiger charge is -2.21. The number of aliphatic imine (C=N–C) groups is 2. The van der Waals surface area contributed by atoms with Crippen molar-refractivity contribution < 1.29 is 4.79 Å². The molecule has 1 amide bonds. The summed E-state index contributed by atoms with van der Waals surface area (Å²) in [7, 11) is 1.82. The van der Waals surface area contributed by atoms with Crippen LogP contribution in [0.1, 0.15) is 42.4 Å². The van der Waals surface area contributed by atoms with Gasteiger partial charge in [0.1, 0.15) is 0 Å². The van der Waals surface area contributed by atoms with Gasteiger partial charge in [-0.25, -0.2) is 15.0 Å². The van der Waals surface area contributed by atoms with Crippen LogP contribution in [-0.4, -0.2) is 37.7 Å². The fraction of sp³-hybridized carbons (Fsp3) is 0.125. The number of carbonyl (C=O) groups is 1. The predicted molar refractivity (Wildman–Crippen MR) is 170 cm³/mol. The summed E-state index contributed by atoms with van der Waals surface area (Å²) in [6.07, 6.45) is 3.48. The lowest BCUT2D eigenvalue weighted by molar-refractivity contribution is -0.118. The molecule has 3 heterocycles. The highest BCUT2D eigenvalue weighted by Crippen LogP contribution is 2.24. The van der Waals surface area contributed by atoms with Gasteiger partial charge in [0.15, 0.2) is 11.5 Å². The lowest BCUT2D eigenvalue weighted by atomic mass is 10.0. The maximum atomic E-state index is 14.2. The van der Waals surface area contributed by atoms with Crippen LogP contribution in [0.25, 0.3) is 16.5 Å². The first kappa shape index (κ1) is 28.9. The van der Waals surface area contributed by atoms with Crippen molar-refractivity contribution in [2.24, 2.45) is 22.8 Å². The van der Waals surface area contributed by atoms with E-state index in [-0.39, 0.29) is 17.1 Å². The first-order chi connectivity index (χ1) is 20.8. The van der Waals surface area contributed by atoms with Crippen LogP contribution in [0.15, 0.2) is 104 Å². The number of nitrogens with zero attached hydrogens (tertiary/aromatic N) is 6. The number of benzene rings is 2. The van der Waals surface area contributed by atoms with Crippen LogP contribution in [0.5, 0.6) is 0 Å². The number of hydrogen-bond donors (Lipinski definition) is 2.